The summed E-state index contributed by atoms with van der Waals surface area (Å²) in [6.07, 6.45) is 6.66. The molecule has 0 radical (unpaired) electrons. The standard InChI is InChI=1S/C15H25N5O2/c1-19-7-3-4-11(19)10-17-15(21)18-12-5-9-22-13(12)14-16-6-8-20(14)2/h6,8,11-13H,3-5,7,9-10H2,1-2H3,(H2,17,18,21)/t11?,12-,13-/m0/s1. The van der Waals surface area contributed by atoms with E-state index in [1.807, 2.05) is 17.8 Å². The molecular formula is C15H25N5O2. The first kappa shape index (κ1) is 15.3. The monoisotopic (exact) mass is 307 g/mol. The largest absolute Gasteiger partial charge is 0.368 e. The topological polar surface area (TPSA) is 71.4 Å². The minimum absolute atomic E-state index is 0.0255. The minimum atomic E-state index is -0.167. The molecule has 3 heterocycles. The number of imidazole rings is 1. The maximum Gasteiger partial charge on any atom is 0.315 e. The molecule has 2 fully saturated rings. The fraction of sp³-hybridized carbons (Fsp3) is 0.733. The molecule has 0 aliphatic carbocycles. The predicted octanol–water partition coefficient (Wildman–Crippen LogP) is 0.644. The third-order valence-corrected chi connectivity index (χ3v) is 4.69. The summed E-state index contributed by atoms with van der Waals surface area (Å²) in [5, 5.41) is 6.02. The van der Waals surface area contributed by atoms with Crippen molar-refractivity contribution in [3.05, 3.63) is 18.2 Å². The van der Waals surface area contributed by atoms with E-state index < -0.39 is 0 Å². The second-order valence-electron chi connectivity index (χ2n) is 6.21. The number of aromatic nitrogens is 2. The number of likely N-dealkylation sites (tertiary alicyclic amines) is 1. The SMILES string of the molecule is CN1CCCC1CNC(=O)N[C@H]1CCO[C@@H]1c1nccn1C. The minimum Gasteiger partial charge on any atom is -0.368 e. The van der Waals surface area contributed by atoms with Gasteiger partial charge in [0, 0.05) is 38.6 Å². The number of carbonyl (C=O) groups is 1. The van der Waals surface area contributed by atoms with Crippen molar-refractivity contribution in [3.63, 3.8) is 0 Å². The van der Waals surface area contributed by atoms with E-state index in [9.17, 15) is 4.79 Å². The molecule has 3 rings (SSSR count). The zero-order valence-corrected chi connectivity index (χ0v) is 13.3. The average Bonchev–Trinajstić information content (AvgIpc) is 3.19. The van der Waals surface area contributed by atoms with Gasteiger partial charge in [0.05, 0.1) is 6.04 Å². The molecule has 0 aromatic carbocycles. The van der Waals surface area contributed by atoms with Crippen molar-refractivity contribution in [2.24, 2.45) is 7.05 Å². The van der Waals surface area contributed by atoms with Crippen LogP contribution in [0.15, 0.2) is 12.4 Å². The number of carbonyl (C=O) groups excluding carboxylic acids is 1. The van der Waals surface area contributed by atoms with E-state index in [2.05, 4.69) is 27.6 Å². The van der Waals surface area contributed by atoms with Crippen LogP contribution in [-0.2, 0) is 11.8 Å². The first-order valence-corrected chi connectivity index (χ1v) is 7.98. The lowest BCUT2D eigenvalue weighted by Gasteiger charge is -2.22. The highest BCUT2D eigenvalue weighted by molar-refractivity contribution is 5.74. The first-order valence-electron chi connectivity index (χ1n) is 7.98. The number of amides is 2. The van der Waals surface area contributed by atoms with Crippen molar-refractivity contribution in [2.75, 3.05) is 26.7 Å². The van der Waals surface area contributed by atoms with E-state index in [0.29, 0.717) is 19.2 Å². The Morgan fingerprint density at radius 1 is 1.45 bits per heavy atom. The van der Waals surface area contributed by atoms with E-state index in [0.717, 1.165) is 25.2 Å². The summed E-state index contributed by atoms with van der Waals surface area (Å²) in [5.41, 5.74) is 0. The highest BCUT2D eigenvalue weighted by Gasteiger charge is 2.33. The highest BCUT2D eigenvalue weighted by Crippen LogP contribution is 2.27. The molecule has 1 aromatic rings. The zero-order chi connectivity index (χ0) is 15.5. The lowest BCUT2D eigenvalue weighted by molar-refractivity contribution is 0.0908. The van der Waals surface area contributed by atoms with E-state index in [1.54, 1.807) is 6.20 Å². The molecule has 0 bridgehead atoms. The molecule has 3 atom stereocenters. The smallest absolute Gasteiger partial charge is 0.315 e. The average molecular weight is 307 g/mol. The van der Waals surface area contributed by atoms with Crippen molar-refractivity contribution in [3.8, 4) is 0 Å². The predicted molar refractivity (Wildman–Crippen MR) is 82.5 cm³/mol. The summed E-state index contributed by atoms with van der Waals surface area (Å²) in [7, 11) is 4.05. The number of ether oxygens (including phenoxy) is 1. The van der Waals surface area contributed by atoms with Gasteiger partial charge in [-0.1, -0.05) is 0 Å². The number of urea groups is 1. The molecule has 1 aromatic heterocycles. The lowest BCUT2D eigenvalue weighted by atomic mass is 10.1. The van der Waals surface area contributed by atoms with Gasteiger partial charge in [-0.05, 0) is 32.9 Å². The van der Waals surface area contributed by atoms with Gasteiger partial charge in [-0.25, -0.2) is 9.78 Å². The summed E-state index contributed by atoms with van der Waals surface area (Å²) in [6.45, 7) is 2.46. The van der Waals surface area contributed by atoms with Gasteiger partial charge in [0.15, 0.2) is 0 Å². The maximum atomic E-state index is 12.1. The molecular weight excluding hydrogens is 282 g/mol. The molecule has 2 N–H and O–H groups in total. The third-order valence-electron chi connectivity index (χ3n) is 4.69. The van der Waals surface area contributed by atoms with Gasteiger partial charge < -0.3 is 24.8 Å². The fourth-order valence-electron chi connectivity index (χ4n) is 3.31. The summed E-state index contributed by atoms with van der Waals surface area (Å²) < 4.78 is 7.69. The quantitative estimate of drug-likeness (QED) is 0.856. The summed E-state index contributed by atoms with van der Waals surface area (Å²) >= 11 is 0. The Labute approximate surface area is 131 Å². The van der Waals surface area contributed by atoms with Gasteiger partial charge >= 0.3 is 6.03 Å². The molecule has 2 amide bonds. The van der Waals surface area contributed by atoms with Gasteiger partial charge in [-0.15, -0.1) is 0 Å². The lowest BCUT2D eigenvalue weighted by Crippen LogP contribution is -2.47. The van der Waals surface area contributed by atoms with Crippen molar-refractivity contribution in [2.45, 2.75) is 37.5 Å². The number of likely N-dealkylation sites (N-methyl/N-ethyl adjacent to an activating group) is 1. The van der Waals surface area contributed by atoms with Gasteiger partial charge in [-0.3, -0.25) is 0 Å². The Kier molecular flexibility index (Phi) is 4.63. The maximum absolute atomic E-state index is 12.1. The van der Waals surface area contributed by atoms with Crippen LogP contribution < -0.4 is 10.6 Å². The number of hydrogen-bond acceptors (Lipinski definition) is 4. The van der Waals surface area contributed by atoms with Crippen LogP contribution in [0.5, 0.6) is 0 Å². The van der Waals surface area contributed by atoms with Crippen LogP contribution in [-0.4, -0.2) is 59.3 Å². The van der Waals surface area contributed by atoms with Crippen molar-refractivity contribution >= 4 is 6.03 Å². The van der Waals surface area contributed by atoms with Crippen LogP contribution in [0.2, 0.25) is 0 Å². The van der Waals surface area contributed by atoms with E-state index in [-0.39, 0.29) is 18.2 Å². The Bertz CT molecular complexity index is 518. The van der Waals surface area contributed by atoms with Crippen molar-refractivity contribution in [1.82, 2.24) is 25.1 Å². The Morgan fingerprint density at radius 2 is 2.32 bits per heavy atom. The molecule has 7 heteroatoms. The third kappa shape index (κ3) is 3.25. The normalized spacial score (nSPS) is 28.9. The second kappa shape index (κ2) is 6.66. The van der Waals surface area contributed by atoms with E-state index in [4.69, 9.17) is 4.74 Å². The number of nitrogens with zero attached hydrogens (tertiary/aromatic N) is 3. The van der Waals surface area contributed by atoms with Crippen LogP contribution in [0, 0.1) is 0 Å². The molecule has 2 aliphatic rings. The van der Waals surface area contributed by atoms with Gasteiger partial charge in [-0.2, -0.15) is 0 Å². The molecule has 122 valence electrons. The van der Waals surface area contributed by atoms with Crippen LogP contribution >= 0.6 is 0 Å². The highest BCUT2D eigenvalue weighted by atomic mass is 16.5. The van der Waals surface area contributed by atoms with Crippen LogP contribution in [0.25, 0.3) is 0 Å². The van der Waals surface area contributed by atoms with E-state index >= 15 is 0 Å². The molecule has 0 spiro atoms. The molecule has 2 saturated heterocycles. The Hall–Kier alpha value is -1.60. The van der Waals surface area contributed by atoms with Gasteiger partial charge in [0.1, 0.15) is 11.9 Å². The van der Waals surface area contributed by atoms with Crippen molar-refractivity contribution < 1.29 is 9.53 Å². The Balaban J connectivity index is 1.51. The first-order chi connectivity index (χ1) is 10.6. The van der Waals surface area contributed by atoms with Gasteiger partial charge in [0.2, 0.25) is 0 Å². The molecule has 22 heavy (non-hydrogen) atoms. The summed E-state index contributed by atoms with van der Waals surface area (Å²) in [5.74, 6) is 0.860. The van der Waals surface area contributed by atoms with Gasteiger partial charge in [0.25, 0.3) is 0 Å². The number of aryl methyl sites for hydroxylation is 1. The molecule has 2 aliphatic heterocycles. The zero-order valence-electron chi connectivity index (χ0n) is 13.3. The summed E-state index contributed by atoms with van der Waals surface area (Å²) in [4.78, 5) is 18.8. The summed E-state index contributed by atoms with van der Waals surface area (Å²) in [6, 6.07) is 0.313. The fourth-order valence-corrected chi connectivity index (χ4v) is 3.31. The van der Waals surface area contributed by atoms with Crippen LogP contribution in [0.4, 0.5) is 4.79 Å². The second-order valence-corrected chi connectivity index (χ2v) is 6.21. The van der Waals surface area contributed by atoms with E-state index in [1.165, 1.54) is 6.42 Å². The number of hydrogen-bond donors (Lipinski definition) is 2. The molecule has 1 unspecified atom stereocenters. The number of rotatable bonds is 4. The van der Waals surface area contributed by atoms with Crippen LogP contribution in [0.3, 0.4) is 0 Å². The molecule has 7 nitrogen and oxygen atoms in total. The molecule has 0 saturated carbocycles. The van der Waals surface area contributed by atoms with Crippen LogP contribution in [0.1, 0.15) is 31.2 Å². The Morgan fingerprint density at radius 3 is 3.00 bits per heavy atom. The number of nitrogens with one attached hydrogen (secondary N) is 2. The van der Waals surface area contributed by atoms with Crippen molar-refractivity contribution in [1.29, 1.82) is 0 Å².